The monoisotopic (exact) mass is 145 g/mol. The molecule has 1 atom stereocenters. The van der Waals surface area contributed by atoms with Crippen LogP contribution in [-0.4, -0.2) is 22.1 Å². The van der Waals surface area contributed by atoms with Gasteiger partial charge in [0.25, 0.3) is 0 Å². The fourth-order valence-electron chi connectivity index (χ4n) is 0.955. The van der Waals surface area contributed by atoms with Gasteiger partial charge in [-0.1, -0.05) is 0 Å². The number of aliphatic imine (C=N–C) groups is 1. The second-order valence-electron chi connectivity index (χ2n) is 2.12. The van der Waals surface area contributed by atoms with E-state index < -0.39 is 10.8 Å². The van der Waals surface area contributed by atoms with Crippen molar-refractivity contribution in [1.29, 1.82) is 0 Å². The molecular weight excluding hydrogens is 134 g/mol. The summed E-state index contributed by atoms with van der Waals surface area (Å²) in [5, 5.41) is 0.904. The lowest BCUT2D eigenvalue weighted by Crippen LogP contribution is -2.16. The Hall–Kier alpha value is -0.180. The lowest BCUT2D eigenvalue weighted by molar-refractivity contribution is 0.680. The van der Waals surface area contributed by atoms with Crippen molar-refractivity contribution in [3.05, 3.63) is 0 Å². The molecule has 1 saturated heterocycles. The maximum Gasteiger partial charge on any atom is 0.0982 e. The summed E-state index contributed by atoms with van der Waals surface area (Å²) >= 11 is 0. The molecule has 0 saturated carbocycles. The highest BCUT2D eigenvalue weighted by Crippen LogP contribution is 2.09. The SMILES string of the molecule is CN=C1CCCCS1=O. The van der Waals surface area contributed by atoms with E-state index in [4.69, 9.17) is 0 Å². The maximum absolute atomic E-state index is 11.0. The van der Waals surface area contributed by atoms with Gasteiger partial charge in [-0.05, 0) is 19.3 Å². The topological polar surface area (TPSA) is 29.4 Å². The molecule has 52 valence electrons. The van der Waals surface area contributed by atoms with E-state index in [-0.39, 0.29) is 0 Å². The molecule has 0 aliphatic carbocycles. The first-order valence-corrected chi connectivity index (χ1v) is 4.50. The smallest absolute Gasteiger partial charge is 0.0982 e. The Morgan fingerprint density at radius 1 is 1.56 bits per heavy atom. The van der Waals surface area contributed by atoms with Crippen molar-refractivity contribution < 1.29 is 4.21 Å². The molecule has 0 amide bonds. The third kappa shape index (κ3) is 1.61. The molecule has 0 aromatic carbocycles. The highest BCUT2D eigenvalue weighted by molar-refractivity contribution is 8.00. The van der Waals surface area contributed by atoms with E-state index in [1.807, 2.05) is 0 Å². The van der Waals surface area contributed by atoms with Crippen molar-refractivity contribution in [2.75, 3.05) is 12.8 Å². The van der Waals surface area contributed by atoms with Crippen molar-refractivity contribution in [3.63, 3.8) is 0 Å². The Bertz CT molecular complexity index is 153. The minimum atomic E-state index is -0.728. The summed E-state index contributed by atoms with van der Waals surface area (Å²) in [6, 6.07) is 0. The van der Waals surface area contributed by atoms with Crippen molar-refractivity contribution >= 4 is 15.8 Å². The van der Waals surface area contributed by atoms with Crippen molar-refractivity contribution in [1.82, 2.24) is 0 Å². The molecule has 0 spiro atoms. The molecule has 1 aliphatic rings. The van der Waals surface area contributed by atoms with Crippen molar-refractivity contribution in [2.45, 2.75) is 19.3 Å². The number of hydrogen-bond acceptors (Lipinski definition) is 2. The van der Waals surface area contributed by atoms with Crippen LogP contribution in [0.25, 0.3) is 0 Å². The Morgan fingerprint density at radius 3 is 2.78 bits per heavy atom. The Labute approximate surface area is 57.8 Å². The molecule has 0 N–H and O–H groups in total. The van der Waals surface area contributed by atoms with E-state index in [1.54, 1.807) is 7.05 Å². The van der Waals surface area contributed by atoms with Crippen LogP contribution in [0.3, 0.4) is 0 Å². The van der Waals surface area contributed by atoms with E-state index in [1.165, 1.54) is 6.42 Å². The molecule has 2 nitrogen and oxygen atoms in total. The van der Waals surface area contributed by atoms with E-state index >= 15 is 0 Å². The van der Waals surface area contributed by atoms with Gasteiger partial charge >= 0.3 is 0 Å². The number of rotatable bonds is 0. The van der Waals surface area contributed by atoms with E-state index in [9.17, 15) is 4.21 Å². The van der Waals surface area contributed by atoms with Gasteiger partial charge in [0.15, 0.2) is 0 Å². The van der Waals surface area contributed by atoms with Gasteiger partial charge in [-0.3, -0.25) is 9.20 Å². The zero-order chi connectivity index (χ0) is 6.69. The molecule has 3 heteroatoms. The van der Waals surface area contributed by atoms with Crippen molar-refractivity contribution in [2.24, 2.45) is 4.99 Å². The molecule has 9 heavy (non-hydrogen) atoms. The van der Waals surface area contributed by atoms with Gasteiger partial charge in [0.05, 0.1) is 15.8 Å². The maximum atomic E-state index is 11.0. The summed E-state index contributed by atoms with van der Waals surface area (Å²) in [4.78, 5) is 3.95. The van der Waals surface area contributed by atoms with Crippen LogP contribution in [0.15, 0.2) is 4.99 Å². The Balaban J connectivity index is 2.60. The minimum Gasteiger partial charge on any atom is -0.284 e. The van der Waals surface area contributed by atoms with Gasteiger partial charge in [0.2, 0.25) is 0 Å². The molecule has 0 radical (unpaired) electrons. The van der Waals surface area contributed by atoms with Crippen LogP contribution in [0.4, 0.5) is 0 Å². The quantitative estimate of drug-likeness (QED) is 0.499. The van der Waals surface area contributed by atoms with Gasteiger partial charge in [-0.15, -0.1) is 0 Å². The molecule has 0 bridgehead atoms. The van der Waals surface area contributed by atoms with E-state index in [0.717, 1.165) is 23.6 Å². The summed E-state index contributed by atoms with van der Waals surface area (Å²) in [5.74, 6) is 0.826. The van der Waals surface area contributed by atoms with E-state index in [2.05, 4.69) is 4.99 Å². The van der Waals surface area contributed by atoms with Crippen LogP contribution in [-0.2, 0) is 10.8 Å². The van der Waals surface area contributed by atoms with Crippen LogP contribution < -0.4 is 0 Å². The average molecular weight is 145 g/mol. The fourth-order valence-corrected chi connectivity index (χ4v) is 2.23. The van der Waals surface area contributed by atoms with E-state index in [0.29, 0.717) is 0 Å². The average Bonchev–Trinajstić information content (AvgIpc) is 1.89. The van der Waals surface area contributed by atoms with Crippen LogP contribution in [0.1, 0.15) is 19.3 Å². The summed E-state index contributed by atoms with van der Waals surface area (Å²) in [5.41, 5.74) is 0. The van der Waals surface area contributed by atoms with Gasteiger partial charge in [-0.2, -0.15) is 0 Å². The highest BCUT2D eigenvalue weighted by Gasteiger charge is 2.12. The molecule has 0 aromatic heterocycles. The van der Waals surface area contributed by atoms with Crippen LogP contribution in [0, 0.1) is 0 Å². The predicted octanol–water partition coefficient (Wildman–Crippen LogP) is 0.947. The van der Waals surface area contributed by atoms with Gasteiger partial charge < -0.3 is 0 Å². The first kappa shape index (κ1) is 6.93. The Kier molecular flexibility index (Phi) is 2.39. The minimum absolute atomic E-state index is 0.728. The normalized spacial score (nSPS) is 33.0. The van der Waals surface area contributed by atoms with Gasteiger partial charge in [0, 0.05) is 12.8 Å². The van der Waals surface area contributed by atoms with Crippen molar-refractivity contribution in [3.8, 4) is 0 Å². The first-order valence-electron chi connectivity index (χ1n) is 3.18. The molecule has 1 unspecified atom stereocenters. The summed E-state index contributed by atoms with van der Waals surface area (Å²) in [6.45, 7) is 0. The Morgan fingerprint density at radius 2 is 2.33 bits per heavy atom. The third-order valence-electron chi connectivity index (χ3n) is 1.48. The second kappa shape index (κ2) is 3.11. The molecular formula is C6H11NOS. The molecule has 1 aliphatic heterocycles. The first-order chi connectivity index (χ1) is 4.34. The summed E-state index contributed by atoms with van der Waals surface area (Å²) in [6.07, 6.45) is 3.22. The molecule has 1 rings (SSSR count). The zero-order valence-corrected chi connectivity index (χ0v) is 6.41. The fraction of sp³-hybridized carbons (Fsp3) is 0.833. The highest BCUT2D eigenvalue weighted by atomic mass is 32.2. The lowest BCUT2D eigenvalue weighted by Gasteiger charge is -2.10. The summed E-state index contributed by atoms with van der Waals surface area (Å²) < 4.78 is 11.0. The van der Waals surface area contributed by atoms with Gasteiger partial charge in [-0.25, -0.2) is 0 Å². The van der Waals surface area contributed by atoms with Crippen LogP contribution in [0.2, 0.25) is 0 Å². The molecule has 0 aromatic rings. The second-order valence-corrected chi connectivity index (χ2v) is 3.69. The predicted molar refractivity (Wildman–Crippen MR) is 40.2 cm³/mol. The molecule has 1 heterocycles. The third-order valence-corrected chi connectivity index (χ3v) is 3.05. The van der Waals surface area contributed by atoms with Gasteiger partial charge in [0.1, 0.15) is 0 Å². The molecule has 1 fully saturated rings. The summed E-state index contributed by atoms with van der Waals surface area (Å²) in [7, 11) is 0.993. The standard InChI is InChI=1S/C6H11NOS/c1-7-6-4-2-3-5-9(6)8/h2-5H2,1H3. The lowest BCUT2D eigenvalue weighted by atomic mass is 10.2. The number of hydrogen-bond donors (Lipinski definition) is 0. The van der Waals surface area contributed by atoms with Crippen LogP contribution in [0.5, 0.6) is 0 Å². The largest absolute Gasteiger partial charge is 0.284 e. The zero-order valence-electron chi connectivity index (χ0n) is 5.59. The number of nitrogens with zero attached hydrogens (tertiary/aromatic N) is 1. The van der Waals surface area contributed by atoms with Crippen LogP contribution >= 0.6 is 0 Å².